The van der Waals surface area contributed by atoms with Crippen molar-refractivity contribution in [2.45, 2.75) is 50.6 Å². The molecule has 1 rings (SSSR count). The summed E-state index contributed by atoms with van der Waals surface area (Å²) in [5, 5.41) is 3.54. The fraction of sp³-hybridized carbons (Fsp3) is 0.571. The highest BCUT2D eigenvalue weighted by molar-refractivity contribution is 7.89. The van der Waals surface area contributed by atoms with Crippen LogP contribution in [0.2, 0.25) is 10.0 Å². The van der Waals surface area contributed by atoms with Gasteiger partial charge in [0.1, 0.15) is 4.90 Å². The molecule has 0 bridgehead atoms. The Bertz CT molecular complexity index is 599. The number of hydrogen-bond donors (Lipinski definition) is 2. The van der Waals surface area contributed by atoms with E-state index in [4.69, 9.17) is 23.2 Å². The van der Waals surface area contributed by atoms with Gasteiger partial charge in [0.05, 0.1) is 5.02 Å². The van der Waals surface area contributed by atoms with Crippen molar-refractivity contribution in [2.75, 3.05) is 7.05 Å². The summed E-state index contributed by atoms with van der Waals surface area (Å²) in [6.07, 6.45) is 1.38. The molecule has 1 aromatic rings. The molecular weight excluding hydrogens is 331 g/mol. The molecule has 21 heavy (non-hydrogen) atoms. The van der Waals surface area contributed by atoms with Crippen molar-refractivity contribution in [1.82, 2.24) is 10.0 Å². The third-order valence-corrected chi connectivity index (χ3v) is 6.31. The van der Waals surface area contributed by atoms with Gasteiger partial charge in [-0.1, -0.05) is 37.0 Å². The van der Waals surface area contributed by atoms with E-state index in [0.29, 0.717) is 30.0 Å². The average Bonchev–Trinajstić information content (AvgIpc) is 2.42. The Morgan fingerprint density at radius 3 is 2.24 bits per heavy atom. The molecule has 0 atom stereocenters. The van der Waals surface area contributed by atoms with Crippen LogP contribution in [0, 0.1) is 0 Å². The highest BCUT2D eigenvalue weighted by atomic mass is 35.5. The van der Waals surface area contributed by atoms with Crippen LogP contribution >= 0.6 is 23.2 Å². The minimum absolute atomic E-state index is 0.0620. The van der Waals surface area contributed by atoms with Crippen LogP contribution in [0.25, 0.3) is 0 Å². The van der Waals surface area contributed by atoms with Crippen LogP contribution in [0.1, 0.15) is 39.2 Å². The van der Waals surface area contributed by atoms with Crippen LogP contribution in [0.5, 0.6) is 0 Å². The Balaban J connectivity index is 3.30. The molecule has 120 valence electrons. The van der Waals surface area contributed by atoms with Crippen LogP contribution in [0.4, 0.5) is 0 Å². The van der Waals surface area contributed by atoms with Crippen molar-refractivity contribution in [2.24, 2.45) is 0 Å². The van der Waals surface area contributed by atoms with Crippen LogP contribution in [0.15, 0.2) is 17.0 Å². The minimum Gasteiger partial charge on any atom is -0.316 e. The van der Waals surface area contributed by atoms with E-state index >= 15 is 0 Å². The number of halogens is 2. The molecule has 0 heterocycles. The molecule has 0 radical (unpaired) electrons. The van der Waals surface area contributed by atoms with Gasteiger partial charge in [-0.2, -0.15) is 0 Å². The highest BCUT2D eigenvalue weighted by Crippen LogP contribution is 2.32. The van der Waals surface area contributed by atoms with Gasteiger partial charge in [0, 0.05) is 22.7 Å². The first-order valence-corrected chi connectivity index (χ1v) is 9.10. The maximum atomic E-state index is 12.6. The van der Waals surface area contributed by atoms with Crippen molar-refractivity contribution in [3.05, 3.63) is 27.7 Å². The predicted octanol–water partition coefficient (Wildman–Crippen LogP) is 3.57. The fourth-order valence-electron chi connectivity index (χ4n) is 1.90. The Morgan fingerprint density at radius 1 is 1.19 bits per heavy atom. The maximum Gasteiger partial charge on any atom is 0.242 e. The molecule has 0 aromatic heterocycles. The van der Waals surface area contributed by atoms with E-state index in [0.717, 1.165) is 0 Å². The molecule has 0 saturated heterocycles. The normalized spacial score (nSPS) is 12.7. The molecule has 0 amide bonds. The zero-order chi connectivity index (χ0) is 16.3. The number of benzene rings is 1. The predicted molar refractivity (Wildman–Crippen MR) is 88.5 cm³/mol. The second-order valence-corrected chi connectivity index (χ2v) is 7.68. The lowest BCUT2D eigenvalue weighted by Crippen LogP contribution is -2.44. The molecule has 0 aliphatic carbocycles. The first kappa shape index (κ1) is 18.7. The van der Waals surface area contributed by atoms with Crippen LogP contribution in [0.3, 0.4) is 0 Å². The van der Waals surface area contributed by atoms with Gasteiger partial charge < -0.3 is 5.32 Å². The number of rotatable bonds is 7. The summed E-state index contributed by atoms with van der Waals surface area (Å²) >= 11 is 12.3. The molecule has 0 aliphatic heterocycles. The molecule has 7 heteroatoms. The fourth-order valence-corrected chi connectivity index (χ4v) is 4.36. The number of sulfonamides is 1. The zero-order valence-corrected chi connectivity index (χ0v) is 15.1. The molecule has 0 spiro atoms. The lowest BCUT2D eigenvalue weighted by molar-refractivity contribution is 0.388. The van der Waals surface area contributed by atoms with Crippen molar-refractivity contribution in [3.63, 3.8) is 0 Å². The summed E-state index contributed by atoms with van der Waals surface area (Å²) in [6, 6.07) is 3.00. The molecule has 0 aliphatic rings. The molecule has 0 saturated carbocycles. The maximum absolute atomic E-state index is 12.6. The van der Waals surface area contributed by atoms with Crippen molar-refractivity contribution < 1.29 is 8.42 Å². The zero-order valence-electron chi connectivity index (χ0n) is 12.8. The monoisotopic (exact) mass is 352 g/mol. The Hall–Kier alpha value is -0.330. The largest absolute Gasteiger partial charge is 0.316 e. The molecule has 1 aromatic carbocycles. The molecule has 0 unspecified atom stereocenters. The number of hydrogen-bond acceptors (Lipinski definition) is 3. The number of nitrogens with one attached hydrogen (secondary N) is 2. The van der Waals surface area contributed by atoms with E-state index in [1.807, 2.05) is 20.8 Å². The summed E-state index contributed by atoms with van der Waals surface area (Å²) in [6.45, 7) is 6.17. The van der Waals surface area contributed by atoms with Crippen LogP contribution in [-0.4, -0.2) is 21.0 Å². The molecule has 0 fully saturated rings. The second kappa shape index (κ2) is 7.29. The average molecular weight is 353 g/mol. The Morgan fingerprint density at radius 2 is 1.76 bits per heavy atom. The summed E-state index contributed by atoms with van der Waals surface area (Å²) in [7, 11) is -1.95. The van der Waals surface area contributed by atoms with Crippen molar-refractivity contribution in [3.8, 4) is 0 Å². The van der Waals surface area contributed by atoms with E-state index in [2.05, 4.69) is 10.0 Å². The summed E-state index contributed by atoms with van der Waals surface area (Å²) in [4.78, 5) is 0.0620. The van der Waals surface area contributed by atoms with E-state index in [1.54, 1.807) is 13.1 Å². The topological polar surface area (TPSA) is 58.2 Å². The lowest BCUT2D eigenvalue weighted by atomic mass is 9.98. The smallest absolute Gasteiger partial charge is 0.242 e. The Labute approximate surface area is 137 Å². The van der Waals surface area contributed by atoms with E-state index < -0.39 is 15.6 Å². The molecular formula is C14H22Cl2N2O2S. The van der Waals surface area contributed by atoms with E-state index in [-0.39, 0.29) is 9.92 Å². The second-order valence-electron chi connectivity index (χ2n) is 5.24. The lowest BCUT2D eigenvalue weighted by Gasteiger charge is -2.28. The van der Waals surface area contributed by atoms with E-state index in [9.17, 15) is 8.42 Å². The SMILES string of the molecule is CCC(C)(CC)NS(=O)(=O)c1ccc(Cl)c(CNC)c1Cl. The van der Waals surface area contributed by atoms with Gasteiger partial charge in [0.25, 0.3) is 0 Å². The summed E-state index contributed by atoms with van der Waals surface area (Å²) < 4.78 is 27.9. The van der Waals surface area contributed by atoms with Crippen LogP contribution < -0.4 is 10.0 Å². The van der Waals surface area contributed by atoms with Gasteiger partial charge in [-0.25, -0.2) is 13.1 Å². The molecule has 4 nitrogen and oxygen atoms in total. The van der Waals surface area contributed by atoms with Gasteiger partial charge in [0.15, 0.2) is 0 Å². The third-order valence-electron chi connectivity index (χ3n) is 3.74. The standard InChI is InChI=1S/C14H22Cl2N2O2S/c1-5-14(3,6-2)18-21(19,20)12-8-7-11(15)10(9-17-4)13(12)16/h7-8,17-18H,5-6,9H2,1-4H3. The van der Waals surface area contributed by atoms with Gasteiger partial charge in [-0.3, -0.25) is 0 Å². The van der Waals surface area contributed by atoms with Gasteiger partial charge in [0.2, 0.25) is 10.0 Å². The summed E-state index contributed by atoms with van der Waals surface area (Å²) in [5.41, 5.74) is 0.0868. The first-order valence-electron chi connectivity index (χ1n) is 6.86. The molecule has 2 N–H and O–H groups in total. The quantitative estimate of drug-likeness (QED) is 0.788. The van der Waals surface area contributed by atoms with Crippen molar-refractivity contribution >= 4 is 33.2 Å². The van der Waals surface area contributed by atoms with Gasteiger partial charge >= 0.3 is 0 Å². The third kappa shape index (κ3) is 4.33. The summed E-state index contributed by atoms with van der Waals surface area (Å²) in [5.74, 6) is 0. The van der Waals surface area contributed by atoms with Crippen molar-refractivity contribution in [1.29, 1.82) is 0 Å². The Kier molecular flexibility index (Phi) is 6.50. The van der Waals surface area contributed by atoms with Gasteiger partial charge in [-0.15, -0.1) is 0 Å². The highest BCUT2D eigenvalue weighted by Gasteiger charge is 2.29. The van der Waals surface area contributed by atoms with E-state index in [1.165, 1.54) is 6.07 Å². The van der Waals surface area contributed by atoms with Crippen LogP contribution in [-0.2, 0) is 16.6 Å². The van der Waals surface area contributed by atoms with Gasteiger partial charge in [-0.05, 0) is 38.9 Å². The first-order chi connectivity index (χ1) is 9.70. The minimum atomic E-state index is -3.70.